The molecular formula is C8H15NO3. The van der Waals surface area contributed by atoms with E-state index in [-0.39, 0.29) is 6.04 Å². The average molecular weight is 173 g/mol. The fraction of sp³-hybridized carbons (Fsp3) is 1.00. The molecule has 2 rings (SSSR count). The molecule has 0 aromatic heterocycles. The quantitative estimate of drug-likeness (QED) is 0.419. The van der Waals surface area contributed by atoms with Gasteiger partial charge in [0.1, 0.15) is 0 Å². The zero-order valence-electron chi connectivity index (χ0n) is 6.93. The molecule has 4 atom stereocenters. The smallest absolute Gasteiger partial charge is 0.0991 e. The Bertz CT molecular complexity index is 176. The number of hydrogen-bond donors (Lipinski definition) is 3. The Labute approximate surface area is 71.4 Å². The first-order valence-electron chi connectivity index (χ1n) is 4.48. The predicted molar refractivity (Wildman–Crippen MR) is 42.6 cm³/mol. The lowest BCUT2D eigenvalue weighted by molar-refractivity contribution is -0.0282. The molecule has 0 amide bonds. The van der Waals surface area contributed by atoms with E-state index >= 15 is 0 Å². The van der Waals surface area contributed by atoms with E-state index < -0.39 is 18.3 Å². The molecule has 4 nitrogen and oxygen atoms in total. The van der Waals surface area contributed by atoms with Crippen LogP contribution < -0.4 is 0 Å². The summed E-state index contributed by atoms with van der Waals surface area (Å²) >= 11 is 0. The molecule has 0 aromatic rings. The minimum absolute atomic E-state index is 0.228. The van der Waals surface area contributed by atoms with Gasteiger partial charge in [-0.15, -0.1) is 0 Å². The molecule has 0 unspecified atom stereocenters. The first-order chi connectivity index (χ1) is 5.70. The van der Waals surface area contributed by atoms with Crippen LogP contribution in [0, 0.1) is 0 Å². The summed E-state index contributed by atoms with van der Waals surface area (Å²) in [4.78, 5) is 1.98. The van der Waals surface area contributed by atoms with Crippen LogP contribution in [-0.2, 0) is 0 Å². The third-order valence-corrected chi connectivity index (χ3v) is 2.93. The number of aliphatic hydroxyl groups excluding tert-OH is 3. The molecule has 0 radical (unpaired) electrons. The monoisotopic (exact) mass is 173 g/mol. The van der Waals surface area contributed by atoms with Crippen molar-refractivity contribution >= 4 is 0 Å². The minimum atomic E-state index is -0.764. The summed E-state index contributed by atoms with van der Waals surface area (Å²) in [7, 11) is 0. The second-order valence-electron chi connectivity index (χ2n) is 3.75. The van der Waals surface area contributed by atoms with Crippen LogP contribution in [0.25, 0.3) is 0 Å². The van der Waals surface area contributed by atoms with Crippen molar-refractivity contribution < 1.29 is 15.3 Å². The molecule has 70 valence electrons. The van der Waals surface area contributed by atoms with Gasteiger partial charge in [0.25, 0.3) is 0 Å². The van der Waals surface area contributed by atoms with Crippen molar-refractivity contribution in [3.8, 4) is 0 Å². The van der Waals surface area contributed by atoms with Crippen LogP contribution in [-0.4, -0.2) is 57.7 Å². The van der Waals surface area contributed by atoms with Gasteiger partial charge < -0.3 is 15.3 Å². The van der Waals surface area contributed by atoms with Crippen molar-refractivity contribution in [2.24, 2.45) is 0 Å². The summed E-state index contributed by atoms with van der Waals surface area (Å²) < 4.78 is 0. The molecule has 0 bridgehead atoms. The van der Waals surface area contributed by atoms with Gasteiger partial charge in [0.15, 0.2) is 0 Å². The van der Waals surface area contributed by atoms with Gasteiger partial charge in [0, 0.05) is 6.54 Å². The number of nitrogens with zero attached hydrogens (tertiary/aromatic N) is 1. The van der Waals surface area contributed by atoms with Crippen molar-refractivity contribution in [2.75, 3.05) is 13.1 Å². The Morgan fingerprint density at radius 2 is 1.83 bits per heavy atom. The van der Waals surface area contributed by atoms with E-state index in [1.165, 1.54) is 0 Å². The number of piperidine rings is 1. The Balaban J connectivity index is 2.12. The SMILES string of the molecule is O[C@@H]1[C@@H]2[C@@H](O)CCCN2C[C@@H]1O. The van der Waals surface area contributed by atoms with E-state index in [2.05, 4.69) is 0 Å². The first kappa shape index (κ1) is 8.44. The normalized spacial score (nSPS) is 49.2. The molecule has 4 heteroatoms. The number of rotatable bonds is 0. The van der Waals surface area contributed by atoms with Crippen LogP contribution in [0.4, 0.5) is 0 Å². The Morgan fingerprint density at radius 3 is 2.50 bits per heavy atom. The Kier molecular flexibility index (Phi) is 2.08. The van der Waals surface area contributed by atoms with Gasteiger partial charge >= 0.3 is 0 Å². The van der Waals surface area contributed by atoms with Crippen LogP contribution in [0.5, 0.6) is 0 Å². The number of fused-ring (bicyclic) bond motifs is 1. The highest BCUT2D eigenvalue weighted by molar-refractivity contribution is 4.99. The molecule has 3 N–H and O–H groups in total. The predicted octanol–water partition coefficient (Wildman–Crippen LogP) is -1.45. The fourth-order valence-electron chi connectivity index (χ4n) is 2.30. The fourth-order valence-corrected chi connectivity index (χ4v) is 2.30. The zero-order valence-corrected chi connectivity index (χ0v) is 6.93. The zero-order chi connectivity index (χ0) is 8.72. The molecule has 2 heterocycles. The maximum absolute atomic E-state index is 9.55. The van der Waals surface area contributed by atoms with Gasteiger partial charge in [0.05, 0.1) is 24.4 Å². The van der Waals surface area contributed by atoms with Crippen LogP contribution >= 0.6 is 0 Å². The highest BCUT2D eigenvalue weighted by atomic mass is 16.3. The second-order valence-corrected chi connectivity index (χ2v) is 3.75. The van der Waals surface area contributed by atoms with E-state index in [0.29, 0.717) is 6.54 Å². The van der Waals surface area contributed by atoms with Gasteiger partial charge in [0.2, 0.25) is 0 Å². The molecular weight excluding hydrogens is 158 g/mol. The lowest BCUT2D eigenvalue weighted by Gasteiger charge is -2.34. The third kappa shape index (κ3) is 1.15. The van der Waals surface area contributed by atoms with E-state index in [1.54, 1.807) is 0 Å². The summed E-state index contributed by atoms with van der Waals surface area (Å²) in [6, 6.07) is -0.228. The summed E-state index contributed by atoms with van der Waals surface area (Å²) in [6.45, 7) is 1.39. The van der Waals surface area contributed by atoms with Crippen molar-refractivity contribution in [2.45, 2.75) is 37.2 Å². The van der Waals surface area contributed by atoms with Crippen LogP contribution in [0.3, 0.4) is 0 Å². The lowest BCUT2D eigenvalue weighted by Crippen LogP contribution is -2.48. The molecule has 2 fully saturated rings. The van der Waals surface area contributed by atoms with Crippen LogP contribution in [0.2, 0.25) is 0 Å². The number of aliphatic hydroxyl groups is 3. The topological polar surface area (TPSA) is 63.9 Å². The maximum Gasteiger partial charge on any atom is 0.0991 e. The van der Waals surface area contributed by atoms with Crippen LogP contribution in [0.15, 0.2) is 0 Å². The molecule has 2 aliphatic heterocycles. The Morgan fingerprint density at radius 1 is 1.08 bits per heavy atom. The molecule has 0 aromatic carbocycles. The average Bonchev–Trinajstić information content (AvgIpc) is 2.29. The summed E-state index contributed by atoms with van der Waals surface area (Å²) in [5.74, 6) is 0. The molecule has 12 heavy (non-hydrogen) atoms. The lowest BCUT2D eigenvalue weighted by atomic mass is 9.97. The first-order valence-corrected chi connectivity index (χ1v) is 4.48. The highest BCUT2D eigenvalue weighted by Gasteiger charge is 2.45. The van der Waals surface area contributed by atoms with Crippen LogP contribution in [0.1, 0.15) is 12.8 Å². The largest absolute Gasteiger partial charge is 0.391 e. The molecule has 2 saturated heterocycles. The van der Waals surface area contributed by atoms with E-state index in [4.69, 9.17) is 0 Å². The van der Waals surface area contributed by atoms with Crippen molar-refractivity contribution in [3.05, 3.63) is 0 Å². The van der Waals surface area contributed by atoms with Crippen molar-refractivity contribution in [1.82, 2.24) is 4.90 Å². The number of hydrogen-bond acceptors (Lipinski definition) is 4. The van der Waals surface area contributed by atoms with Gasteiger partial charge in [-0.3, -0.25) is 4.90 Å². The standard InChI is InChI=1S/C8H15NO3/c10-5-2-1-3-9-4-6(11)8(12)7(5)9/h5-8,10-12H,1-4H2/t5-,6-,7-,8-/m0/s1. The molecule has 0 spiro atoms. The maximum atomic E-state index is 9.55. The van der Waals surface area contributed by atoms with Gasteiger partial charge in [-0.2, -0.15) is 0 Å². The minimum Gasteiger partial charge on any atom is -0.391 e. The van der Waals surface area contributed by atoms with E-state index in [0.717, 1.165) is 19.4 Å². The van der Waals surface area contributed by atoms with Gasteiger partial charge in [-0.1, -0.05) is 0 Å². The van der Waals surface area contributed by atoms with Crippen molar-refractivity contribution in [3.63, 3.8) is 0 Å². The molecule has 0 saturated carbocycles. The Hall–Kier alpha value is -0.160. The summed E-state index contributed by atoms with van der Waals surface area (Å²) in [5, 5.41) is 28.4. The second kappa shape index (κ2) is 2.96. The summed E-state index contributed by atoms with van der Waals surface area (Å²) in [6.07, 6.45) is -0.212. The highest BCUT2D eigenvalue weighted by Crippen LogP contribution is 2.27. The van der Waals surface area contributed by atoms with Crippen molar-refractivity contribution in [1.29, 1.82) is 0 Å². The third-order valence-electron chi connectivity index (χ3n) is 2.93. The van der Waals surface area contributed by atoms with E-state index in [1.807, 2.05) is 4.90 Å². The van der Waals surface area contributed by atoms with Gasteiger partial charge in [-0.05, 0) is 19.4 Å². The van der Waals surface area contributed by atoms with Gasteiger partial charge in [-0.25, -0.2) is 0 Å². The molecule has 0 aliphatic carbocycles. The van der Waals surface area contributed by atoms with E-state index in [9.17, 15) is 15.3 Å². The summed E-state index contributed by atoms with van der Waals surface area (Å²) in [5.41, 5.74) is 0. The molecule has 2 aliphatic rings.